The molecule has 0 fully saturated rings. The van der Waals surface area contributed by atoms with Crippen molar-refractivity contribution in [2.75, 3.05) is 25.1 Å². The number of hydrogen-bond donors (Lipinski definition) is 1. The van der Waals surface area contributed by atoms with E-state index in [0.717, 1.165) is 17.0 Å². The maximum atomic E-state index is 12.2. The van der Waals surface area contributed by atoms with Gasteiger partial charge in [0.2, 0.25) is 0 Å². The van der Waals surface area contributed by atoms with Crippen LogP contribution in [0.1, 0.15) is 22.8 Å². The highest BCUT2D eigenvalue weighted by Crippen LogP contribution is 2.15. The second-order valence-electron chi connectivity index (χ2n) is 4.89. The smallest absolute Gasteiger partial charge is 0.255 e. The van der Waals surface area contributed by atoms with Gasteiger partial charge in [0.25, 0.3) is 5.91 Å². The minimum Gasteiger partial charge on any atom is -0.491 e. The zero-order valence-corrected chi connectivity index (χ0v) is 13.0. The first-order valence-corrected chi connectivity index (χ1v) is 7.37. The van der Waals surface area contributed by atoms with Crippen LogP contribution in [0, 0.1) is 6.92 Å². The van der Waals surface area contributed by atoms with Gasteiger partial charge in [0, 0.05) is 17.9 Å². The quantitative estimate of drug-likeness (QED) is 0.794. The summed E-state index contributed by atoms with van der Waals surface area (Å²) in [5.74, 6) is 0.596. The number of benzene rings is 2. The lowest BCUT2D eigenvalue weighted by atomic mass is 10.2. The van der Waals surface area contributed by atoms with Crippen LogP contribution in [-0.2, 0) is 4.74 Å². The number of aryl methyl sites for hydroxylation is 1. The van der Waals surface area contributed by atoms with Gasteiger partial charge >= 0.3 is 0 Å². The highest BCUT2D eigenvalue weighted by molar-refractivity contribution is 6.04. The molecule has 0 aromatic heterocycles. The van der Waals surface area contributed by atoms with Gasteiger partial charge in [-0.2, -0.15) is 0 Å². The minimum absolute atomic E-state index is 0.133. The first-order valence-electron chi connectivity index (χ1n) is 7.37. The second-order valence-corrected chi connectivity index (χ2v) is 4.89. The molecule has 0 bridgehead atoms. The largest absolute Gasteiger partial charge is 0.491 e. The van der Waals surface area contributed by atoms with Gasteiger partial charge in [-0.3, -0.25) is 4.79 Å². The topological polar surface area (TPSA) is 47.6 Å². The third kappa shape index (κ3) is 4.90. The van der Waals surface area contributed by atoms with Crippen LogP contribution in [0.4, 0.5) is 5.69 Å². The van der Waals surface area contributed by atoms with Crippen LogP contribution in [0.25, 0.3) is 0 Å². The molecule has 0 saturated carbocycles. The number of hydrogen-bond acceptors (Lipinski definition) is 3. The number of anilines is 1. The molecule has 4 heteroatoms. The SMILES string of the molecule is CCOCCOc1ccc(C(=O)Nc2cccc(C)c2)cc1. The van der Waals surface area contributed by atoms with Gasteiger partial charge in [-0.25, -0.2) is 0 Å². The van der Waals surface area contributed by atoms with Crippen LogP contribution in [0.15, 0.2) is 48.5 Å². The second kappa shape index (κ2) is 8.20. The number of ether oxygens (including phenoxy) is 2. The summed E-state index contributed by atoms with van der Waals surface area (Å²) in [4.78, 5) is 12.2. The fourth-order valence-electron chi connectivity index (χ4n) is 1.99. The van der Waals surface area contributed by atoms with E-state index < -0.39 is 0 Å². The monoisotopic (exact) mass is 299 g/mol. The predicted molar refractivity (Wildman–Crippen MR) is 87.6 cm³/mol. The minimum atomic E-state index is -0.133. The van der Waals surface area contributed by atoms with Gasteiger partial charge in [0.05, 0.1) is 6.61 Å². The molecule has 0 aliphatic carbocycles. The van der Waals surface area contributed by atoms with E-state index in [9.17, 15) is 4.79 Å². The molecule has 0 atom stereocenters. The van der Waals surface area contributed by atoms with E-state index in [0.29, 0.717) is 25.4 Å². The van der Waals surface area contributed by atoms with E-state index >= 15 is 0 Å². The van der Waals surface area contributed by atoms with Gasteiger partial charge in [0.15, 0.2) is 0 Å². The van der Waals surface area contributed by atoms with Crippen LogP contribution in [0.5, 0.6) is 5.75 Å². The lowest BCUT2D eigenvalue weighted by Crippen LogP contribution is -2.12. The van der Waals surface area contributed by atoms with Crippen molar-refractivity contribution >= 4 is 11.6 Å². The molecule has 4 nitrogen and oxygen atoms in total. The molecule has 0 spiro atoms. The van der Waals surface area contributed by atoms with Gasteiger partial charge in [-0.1, -0.05) is 12.1 Å². The fraction of sp³-hybridized carbons (Fsp3) is 0.278. The number of carbonyl (C=O) groups is 1. The van der Waals surface area contributed by atoms with Crippen molar-refractivity contribution in [3.63, 3.8) is 0 Å². The highest BCUT2D eigenvalue weighted by atomic mass is 16.5. The first-order chi connectivity index (χ1) is 10.7. The van der Waals surface area contributed by atoms with Crippen LogP contribution in [0.2, 0.25) is 0 Å². The molecule has 0 aliphatic heterocycles. The molecule has 116 valence electrons. The molecule has 22 heavy (non-hydrogen) atoms. The molecule has 0 unspecified atom stereocenters. The van der Waals surface area contributed by atoms with Crippen LogP contribution < -0.4 is 10.1 Å². The Labute approximate surface area is 131 Å². The van der Waals surface area contributed by atoms with E-state index in [1.807, 2.05) is 38.1 Å². The summed E-state index contributed by atoms with van der Waals surface area (Å²) in [6.07, 6.45) is 0. The molecule has 2 aromatic carbocycles. The number of nitrogens with one attached hydrogen (secondary N) is 1. The number of carbonyl (C=O) groups excluding carboxylic acids is 1. The molecule has 0 heterocycles. The zero-order chi connectivity index (χ0) is 15.8. The summed E-state index contributed by atoms with van der Waals surface area (Å²) in [5.41, 5.74) is 2.50. The van der Waals surface area contributed by atoms with Crippen molar-refractivity contribution < 1.29 is 14.3 Å². The third-order valence-electron chi connectivity index (χ3n) is 3.09. The lowest BCUT2D eigenvalue weighted by molar-refractivity contribution is 0.102. The summed E-state index contributed by atoms with van der Waals surface area (Å²) in [7, 11) is 0. The van der Waals surface area contributed by atoms with Crippen molar-refractivity contribution in [3.8, 4) is 5.75 Å². The molecule has 0 aliphatic rings. The van der Waals surface area contributed by atoms with Crippen LogP contribution >= 0.6 is 0 Å². The van der Waals surface area contributed by atoms with E-state index in [1.54, 1.807) is 24.3 Å². The van der Waals surface area contributed by atoms with Crippen LogP contribution in [-0.4, -0.2) is 25.7 Å². The standard InChI is InChI=1S/C18H21NO3/c1-3-21-11-12-22-17-9-7-15(8-10-17)18(20)19-16-6-4-5-14(2)13-16/h4-10,13H,3,11-12H2,1-2H3,(H,19,20). The van der Waals surface area contributed by atoms with Crippen molar-refractivity contribution in [2.45, 2.75) is 13.8 Å². The Morgan fingerprint density at radius 2 is 1.86 bits per heavy atom. The summed E-state index contributed by atoms with van der Waals surface area (Å²) in [5, 5.41) is 2.88. The van der Waals surface area contributed by atoms with Crippen molar-refractivity contribution in [1.29, 1.82) is 0 Å². The van der Waals surface area contributed by atoms with Crippen LogP contribution in [0.3, 0.4) is 0 Å². The van der Waals surface area contributed by atoms with Gasteiger partial charge in [0.1, 0.15) is 12.4 Å². The molecule has 0 radical (unpaired) electrons. The summed E-state index contributed by atoms with van der Waals surface area (Å²) >= 11 is 0. The zero-order valence-electron chi connectivity index (χ0n) is 13.0. The van der Waals surface area contributed by atoms with E-state index in [2.05, 4.69) is 5.32 Å². The van der Waals surface area contributed by atoms with E-state index in [1.165, 1.54) is 0 Å². The Morgan fingerprint density at radius 1 is 1.09 bits per heavy atom. The Balaban J connectivity index is 1.90. The van der Waals surface area contributed by atoms with E-state index in [4.69, 9.17) is 9.47 Å². The number of rotatable bonds is 7. The predicted octanol–water partition coefficient (Wildman–Crippen LogP) is 3.66. The lowest BCUT2D eigenvalue weighted by Gasteiger charge is -2.08. The molecular formula is C18H21NO3. The molecule has 1 N–H and O–H groups in total. The maximum Gasteiger partial charge on any atom is 0.255 e. The Hall–Kier alpha value is -2.33. The van der Waals surface area contributed by atoms with Gasteiger partial charge in [-0.15, -0.1) is 0 Å². The van der Waals surface area contributed by atoms with Crippen molar-refractivity contribution in [1.82, 2.24) is 0 Å². The normalized spacial score (nSPS) is 10.3. The maximum absolute atomic E-state index is 12.2. The summed E-state index contributed by atoms with van der Waals surface area (Å²) in [6, 6.07) is 14.8. The van der Waals surface area contributed by atoms with Crippen molar-refractivity contribution in [3.05, 3.63) is 59.7 Å². The van der Waals surface area contributed by atoms with Crippen molar-refractivity contribution in [2.24, 2.45) is 0 Å². The molecule has 0 saturated heterocycles. The molecule has 2 aromatic rings. The third-order valence-corrected chi connectivity index (χ3v) is 3.09. The first kappa shape index (κ1) is 16.0. The molecule has 2 rings (SSSR count). The molecular weight excluding hydrogens is 278 g/mol. The average Bonchev–Trinajstić information content (AvgIpc) is 2.52. The number of amides is 1. The van der Waals surface area contributed by atoms with Gasteiger partial charge < -0.3 is 14.8 Å². The average molecular weight is 299 g/mol. The Bertz CT molecular complexity index is 608. The Kier molecular flexibility index (Phi) is 5.98. The fourth-order valence-corrected chi connectivity index (χ4v) is 1.99. The highest BCUT2D eigenvalue weighted by Gasteiger charge is 2.06. The summed E-state index contributed by atoms with van der Waals surface area (Å²) < 4.78 is 10.7. The van der Waals surface area contributed by atoms with Gasteiger partial charge in [-0.05, 0) is 55.8 Å². The Morgan fingerprint density at radius 3 is 2.55 bits per heavy atom. The molecule has 1 amide bonds. The summed E-state index contributed by atoms with van der Waals surface area (Å²) in [6.45, 7) is 5.68. The van der Waals surface area contributed by atoms with E-state index in [-0.39, 0.29) is 5.91 Å².